The third kappa shape index (κ3) is 3.46. The van der Waals surface area contributed by atoms with Gasteiger partial charge in [-0.2, -0.15) is 5.10 Å². The predicted octanol–water partition coefficient (Wildman–Crippen LogP) is 0.432. The van der Waals surface area contributed by atoms with E-state index in [9.17, 15) is 9.90 Å². The smallest absolute Gasteiger partial charge is 0.246 e. The second-order valence-corrected chi connectivity index (χ2v) is 5.61. The Bertz CT molecular complexity index is 508. The summed E-state index contributed by atoms with van der Waals surface area (Å²) in [5.74, 6) is -0.0824. The molecule has 1 N–H and O–H groups in total. The molecule has 1 atom stereocenters. The lowest BCUT2D eigenvalue weighted by Crippen LogP contribution is -2.55. The summed E-state index contributed by atoms with van der Waals surface area (Å²) in [4.78, 5) is 13.9. The first-order valence-corrected chi connectivity index (χ1v) is 6.65. The molecule has 0 spiro atoms. The van der Waals surface area contributed by atoms with Crippen LogP contribution < -0.4 is 0 Å². The molecular weight excluding hydrogens is 258 g/mol. The van der Waals surface area contributed by atoms with Gasteiger partial charge in [-0.3, -0.25) is 9.48 Å². The standard InChI is InChI=1S/C14H21N3O3/c1-14(2)10-17(8-12(9-18)20-14)13(19)5-4-11-6-7-15-16(11)3/h4-7,12,18H,8-10H2,1-3H3/b5-4+. The number of hydrogen-bond donors (Lipinski definition) is 1. The zero-order chi connectivity index (χ0) is 14.8. The summed E-state index contributed by atoms with van der Waals surface area (Å²) in [5.41, 5.74) is 0.423. The number of hydrogen-bond acceptors (Lipinski definition) is 4. The average Bonchev–Trinajstić information content (AvgIpc) is 2.79. The lowest BCUT2D eigenvalue weighted by molar-refractivity contribution is -0.163. The monoisotopic (exact) mass is 279 g/mol. The van der Waals surface area contributed by atoms with Gasteiger partial charge in [-0.15, -0.1) is 0 Å². The van der Waals surface area contributed by atoms with E-state index in [-0.39, 0.29) is 18.6 Å². The summed E-state index contributed by atoms with van der Waals surface area (Å²) in [7, 11) is 1.82. The molecule has 2 heterocycles. The minimum Gasteiger partial charge on any atom is -0.394 e. The Labute approximate surface area is 118 Å². The van der Waals surface area contributed by atoms with Gasteiger partial charge < -0.3 is 14.7 Å². The van der Waals surface area contributed by atoms with Crippen LogP contribution in [0.15, 0.2) is 18.3 Å². The molecule has 0 bridgehead atoms. The number of aliphatic hydroxyl groups excluding tert-OH is 1. The molecule has 0 radical (unpaired) electrons. The lowest BCUT2D eigenvalue weighted by atomic mass is 10.1. The maximum absolute atomic E-state index is 12.2. The van der Waals surface area contributed by atoms with Crippen molar-refractivity contribution in [1.82, 2.24) is 14.7 Å². The Morgan fingerprint density at radius 1 is 1.65 bits per heavy atom. The highest BCUT2D eigenvalue weighted by Gasteiger charge is 2.34. The summed E-state index contributed by atoms with van der Waals surface area (Å²) in [6.07, 6.45) is 4.63. The third-order valence-corrected chi connectivity index (χ3v) is 3.25. The number of ether oxygens (including phenoxy) is 1. The first-order chi connectivity index (χ1) is 9.41. The fraction of sp³-hybridized carbons (Fsp3) is 0.571. The van der Waals surface area contributed by atoms with E-state index in [1.165, 1.54) is 6.08 Å². The quantitative estimate of drug-likeness (QED) is 0.815. The van der Waals surface area contributed by atoms with E-state index >= 15 is 0 Å². The molecule has 6 heteroatoms. The normalized spacial score (nSPS) is 22.4. The highest BCUT2D eigenvalue weighted by Crippen LogP contribution is 2.21. The van der Waals surface area contributed by atoms with Crippen molar-refractivity contribution < 1.29 is 14.6 Å². The first-order valence-electron chi connectivity index (χ1n) is 6.65. The number of aliphatic hydroxyl groups is 1. The van der Waals surface area contributed by atoms with Crippen molar-refractivity contribution in [3.63, 3.8) is 0 Å². The highest BCUT2D eigenvalue weighted by atomic mass is 16.5. The van der Waals surface area contributed by atoms with Crippen molar-refractivity contribution in [3.05, 3.63) is 24.0 Å². The number of aromatic nitrogens is 2. The van der Waals surface area contributed by atoms with Gasteiger partial charge in [0.25, 0.3) is 0 Å². The molecule has 1 saturated heterocycles. The average molecular weight is 279 g/mol. The van der Waals surface area contributed by atoms with Gasteiger partial charge >= 0.3 is 0 Å². The Kier molecular flexibility index (Phi) is 4.25. The topological polar surface area (TPSA) is 67.6 Å². The number of aryl methyl sites for hydroxylation is 1. The molecule has 1 aromatic heterocycles. The molecule has 0 aromatic carbocycles. The Hall–Kier alpha value is -1.66. The summed E-state index contributed by atoms with van der Waals surface area (Å²) in [6.45, 7) is 4.67. The van der Waals surface area contributed by atoms with Crippen molar-refractivity contribution in [1.29, 1.82) is 0 Å². The number of amides is 1. The van der Waals surface area contributed by atoms with E-state index in [2.05, 4.69) is 5.10 Å². The minimum atomic E-state index is -0.443. The van der Waals surface area contributed by atoms with Gasteiger partial charge in [-0.1, -0.05) is 0 Å². The van der Waals surface area contributed by atoms with Crippen LogP contribution in [0.4, 0.5) is 0 Å². The van der Waals surface area contributed by atoms with Crippen LogP contribution in [0.3, 0.4) is 0 Å². The molecule has 110 valence electrons. The van der Waals surface area contributed by atoms with Crippen LogP contribution in [0.25, 0.3) is 6.08 Å². The van der Waals surface area contributed by atoms with Crippen LogP contribution in [0.2, 0.25) is 0 Å². The van der Waals surface area contributed by atoms with Crippen LogP contribution in [0.5, 0.6) is 0 Å². The zero-order valence-corrected chi connectivity index (χ0v) is 12.1. The fourth-order valence-electron chi connectivity index (χ4n) is 2.37. The summed E-state index contributed by atoms with van der Waals surface area (Å²) in [5, 5.41) is 13.3. The van der Waals surface area contributed by atoms with E-state index in [1.807, 2.05) is 27.0 Å². The van der Waals surface area contributed by atoms with Crippen molar-refractivity contribution >= 4 is 12.0 Å². The Morgan fingerprint density at radius 2 is 2.40 bits per heavy atom. The number of nitrogens with zero attached hydrogens (tertiary/aromatic N) is 3. The molecular formula is C14H21N3O3. The number of carbonyl (C=O) groups excluding carboxylic acids is 1. The molecule has 1 aromatic rings. The maximum atomic E-state index is 12.2. The Balaban J connectivity index is 2.05. The van der Waals surface area contributed by atoms with Gasteiger partial charge in [0.1, 0.15) is 0 Å². The van der Waals surface area contributed by atoms with E-state index < -0.39 is 5.60 Å². The molecule has 1 unspecified atom stereocenters. The first kappa shape index (κ1) is 14.7. The van der Waals surface area contributed by atoms with Gasteiger partial charge in [0.2, 0.25) is 5.91 Å². The molecule has 0 saturated carbocycles. The van der Waals surface area contributed by atoms with E-state index in [1.54, 1.807) is 21.9 Å². The van der Waals surface area contributed by atoms with E-state index in [0.29, 0.717) is 13.1 Å². The van der Waals surface area contributed by atoms with Crippen LogP contribution in [-0.2, 0) is 16.6 Å². The molecule has 6 nitrogen and oxygen atoms in total. The van der Waals surface area contributed by atoms with Gasteiger partial charge in [-0.25, -0.2) is 0 Å². The van der Waals surface area contributed by atoms with Crippen LogP contribution in [-0.4, -0.2) is 57.1 Å². The number of morpholine rings is 1. The van der Waals surface area contributed by atoms with Crippen molar-refractivity contribution in [2.75, 3.05) is 19.7 Å². The van der Waals surface area contributed by atoms with Gasteiger partial charge in [0.15, 0.2) is 0 Å². The van der Waals surface area contributed by atoms with Crippen molar-refractivity contribution in [2.24, 2.45) is 7.05 Å². The maximum Gasteiger partial charge on any atom is 0.246 e. The molecule has 1 aliphatic rings. The van der Waals surface area contributed by atoms with Crippen LogP contribution in [0, 0.1) is 0 Å². The minimum absolute atomic E-state index is 0.0824. The SMILES string of the molecule is Cn1nccc1/C=C/C(=O)N1CC(CO)OC(C)(C)C1. The summed E-state index contributed by atoms with van der Waals surface area (Å²) in [6, 6.07) is 1.84. The number of rotatable bonds is 3. The third-order valence-electron chi connectivity index (χ3n) is 3.25. The number of carbonyl (C=O) groups is 1. The van der Waals surface area contributed by atoms with Gasteiger partial charge in [-0.05, 0) is 26.0 Å². The highest BCUT2D eigenvalue weighted by molar-refractivity contribution is 5.91. The van der Waals surface area contributed by atoms with Crippen LogP contribution >= 0.6 is 0 Å². The predicted molar refractivity (Wildman–Crippen MR) is 74.9 cm³/mol. The molecule has 0 aliphatic carbocycles. The van der Waals surface area contributed by atoms with E-state index in [0.717, 1.165) is 5.69 Å². The summed E-state index contributed by atoms with van der Waals surface area (Å²) < 4.78 is 7.39. The summed E-state index contributed by atoms with van der Waals surface area (Å²) >= 11 is 0. The van der Waals surface area contributed by atoms with Crippen molar-refractivity contribution in [2.45, 2.75) is 25.6 Å². The molecule has 20 heavy (non-hydrogen) atoms. The van der Waals surface area contributed by atoms with E-state index in [4.69, 9.17) is 4.74 Å². The zero-order valence-electron chi connectivity index (χ0n) is 12.1. The van der Waals surface area contributed by atoms with Gasteiger partial charge in [0, 0.05) is 32.4 Å². The van der Waals surface area contributed by atoms with Gasteiger partial charge in [0.05, 0.1) is 24.0 Å². The molecule has 1 fully saturated rings. The van der Waals surface area contributed by atoms with Crippen LogP contribution in [0.1, 0.15) is 19.5 Å². The fourth-order valence-corrected chi connectivity index (χ4v) is 2.37. The molecule has 2 rings (SSSR count). The Morgan fingerprint density at radius 3 is 3.00 bits per heavy atom. The van der Waals surface area contributed by atoms with Crippen molar-refractivity contribution in [3.8, 4) is 0 Å². The second-order valence-electron chi connectivity index (χ2n) is 5.61. The molecule has 1 aliphatic heterocycles. The lowest BCUT2D eigenvalue weighted by Gasteiger charge is -2.41. The largest absolute Gasteiger partial charge is 0.394 e. The molecule has 1 amide bonds. The second kappa shape index (κ2) is 5.76.